The molecule has 2 heterocycles. The third kappa shape index (κ3) is 4.74. The molecule has 2 amide bonds. The number of rotatable bonds is 9. The molecule has 0 spiro atoms. The lowest BCUT2D eigenvalue weighted by molar-refractivity contribution is -0.118. The van der Waals surface area contributed by atoms with E-state index in [1.165, 1.54) is 11.3 Å². The smallest absolute Gasteiger partial charge is 0.266 e. The highest BCUT2D eigenvalue weighted by atomic mass is 32.1. The number of thiophene rings is 1. The largest absolute Gasteiger partial charge is 0.384 e. The predicted molar refractivity (Wildman–Crippen MR) is 117 cm³/mol. The van der Waals surface area contributed by atoms with Gasteiger partial charge in [-0.05, 0) is 31.0 Å². The number of hydrogen-bond acceptors (Lipinski definition) is 6. The summed E-state index contributed by atoms with van der Waals surface area (Å²) >= 11 is 1.20. The number of aromatic nitrogens is 2. The van der Waals surface area contributed by atoms with Crippen LogP contribution >= 0.6 is 11.3 Å². The number of methoxy groups -OCH3 is 1. The van der Waals surface area contributed by atoms with Gasteiger partial charge in [0.15, 0.2) is 0 Å². The molecule has 3 aromatic rings. The highest BCUT2D eigenvalue weighted by Gasteiger charge is 2.21. The van der Waals surface area contributed by atoms with Crippen molar-refractivity contribution in [1.29, 1.82) is 0 Å². The molecule has 8 nitrogen and oxygen atoms in total. The number of carbonyl (C=O) groups excluding carboxylic acids is 2. The molecule has 3 rings (SSSR count). The molecule has 2 aromatic heterocycles. The highest BCUT2D eigenvalue weighted by molar-refractivity contribution is 7.20. The van der Waals surface area contributed by atoms with Crippen molar-refractivity contribution in [2.45, 2.75) is 32.7 Å². The molecule has 0 atom stereocenters. The minimum Gasteiger partial charge on any atom is -0.384 e. The zero-order valence-electron chi connectivity index (χ0n) is 16.9. The number of para-hydroxylation sites is 1. The molecule has 0 bridgehead atoms. The van der Waals surface area contributed by atoms with Gasteiger partial charge in [-0.3, -0.25) is 19.0 Å². The van der Waals surface area contributed by atoms with Gasteiger partial charge in [0, 0.05) is 32.2 Å². The Bertz CT molecular complexity index is 1120. The lowest BCUT2D eigenvalue weighted by atomic mass is 10.2. The number of amides is 2. The second-order valence-corrected chi connectivity index (χ2v) is 7.85. The van der Waals surface area contributed by atoms with Crippen LogP contribution in [0.15, 0.2) is 35.1 Å². The van der Waals surface area contributed by atoms with E-state index in [9.17, 15) is 14.4 Å². The van der Waals surface area contributed by atoms with Crippen LogP contribution < -0.4 is 16.6 Å². The van der Waals surface area contributed by atoms with Crippen molar-refractivity contribution in [3.8, 4) is 0 Å². The fourth-order valence-electron chi connectivity index (χ4n) is 3.21. The van der Waals surface area contributed by atoms with E-state index < -0.39 is 5.91 Å². The SMILES string of the molecule is COCCc1nc2sc(C(=O)Nc3ccccc3)c(C)c2c(=O)n1CCCC(N)=O. The van der Waals surface area contributed by atoms with Gasteiger partial charge in [-0.2, -0.15) is 0 Å². The number of fused-ring (bicyclic) bond motifs is 1. The van der Waals surface area contributed by atoms with Gasteiger partial charge in [0.2, 0.25) is 5.91 Å². The van der Waals surface area contributed by atoms with Crippen molar-refractivity contribution in [1.82, 2.24) is 9.55 Å². The van der Waals surface area contributed by atoms with Crippen molar-refractivity contribution in [3.63, 3.8) is 0 Å². The molecule has 0 unspecified atom stereocenters. The van der Waals surface area contributed by atoms with E-state index in [0.717, 1.165) is 0 Å². The molecular formula is C21H24N4O4S. The maximum absolute atomic E-state index is 13.2. The third-order valence-electron chi connectivity index (χ3n) is 4.70. The molecule has 0 radical (unpaired) electrons. The van der Waals surface area contributed by atoms with Crippen LogP contribution in [0.2, 0.25) is 0 Å². The average Bonchev–Trinajstić information content (AvgIpc) is 3.05. The first-order chi connectivity index (χ1) is 14.4. The van der Waals surface area contributed by atoms with E-state index in [4.69, 9.17) is 10.5 Å². The quantitative estimate of drug-likeness (QED) is 0.543. The molecule has 158 valence electrons. The number of primary amides is 1. The summed E-state index contributed by atoms with van der Waals surface area (Å²) in [4.78, 5) is 42.7. The Morgan fingerprint density at radius 2 is 2.00 bits per heavy atom. The second kappa shape index (κ2) is 9.64. The van der Waals surface area contributed by atoms with Crippen LogP contribution in [0.4, 0.5) is 5.69 Å². The fraction of sp³-hybridized carbons (Fsp3) is 0.333. The van der Waals surface area contributed by atoms with Gasteiger partial charge in [0.05, 0.1) is 16.9 Å². The van der Waals surface area contributed by atoms with Gasteiger partial charge in [-0.25, -0.2) is 4.98 Å². The minimum atomic E-state index is -0.415. The van der Waals surface area contributed by atoms with E-state index in [2.05, 4.69) is 10.3 Å². The number of anilines is 1. The number of nitrogens with one attached hydrogen (secondary N) is 1. The Morgan fingerprint density at radius 3 is 2.67 bits per heavy atom. The number of nitrogens with zero attached hydrogens (tertiary/aromatic N) is 2. The molecule has 30 heavy (non-hydrogen) atoms. The molecular weight excluding hydrogens is 404 g/mol. The molecule has 9 heteroatoms. The van der Waals surface area contributed by atoms with Crippen LogP contribution in [-0.2, 0) is 22.5 Å². The van der Waals surface area contributed by atoms with Gasteiger partial charge in [-0.15, -0.1) is 11.3 Å². The van der Waals surface area contributed by atoms with Gasteiger partial charge in [0.25, 0.3) is 11.5 Å². The zero-order chi connectivity index (χ0) is 21.7. The maximum atomic E-state index is 13.2. The summed E-state index contributed by atoms with van der Waals surface area (Å²) in [5.41, 5.74) is 6.28. The summed E-state index contributed by atoms with van der Waals surface area (Å²) < 4.78 is 6.70. The lowest BCUT2D eigenvalue weighted by Crippen LogP contribution is -2.27. The normalized spacial score (nSPS) is 11.0. The third-order valence-corrected chi connectivity index (χ3v) is 5.89. The number of benzene rings is 1. The van der Waals surface area contributed by atoms with Crippen molar-refractivity contribution in [3.05, 3.63) is 57.0 Å². The highest BCUT2D eigenvalue weighted by Crippen LogP contribution is 2.28. The topological polar surface area (TPSA) is 116 Å². The molecule has 0 saturated heterocycles. The number of nitrogens with two attached hydrogens (primary N) is 1. The Balaban J connectivity index is 2.01. The Morgan fingerprint density at radius 1 is 1.27 bits per heavy atom. The van der Waals surface area contributed by atoms with E-state index in [0.29, 0.717) is 58.2 Å². The lowest BCUT2D eigenvalue weighted by Gasteiger charge is -2.12. The van der Waals surface area contributed by atoms with E-state index in [1.54, 1.807) is 30.7 Å². The van der Waals surface area contributed by atoms with Crippen LogP contribution in [0.1, 0.15) is 33.9 Å². The predicted octanol–water partition coefficient (Wildman–Crippen LogP) is 2.47. The average molecular weight is 429 g/mol. The zero-order valence-corrected chi connectivity index (χ0v) is 17.8. The summed E-state index contributed by atoms with van der Waals surface area (Å²) in [6.45, 7) is 2.48. The Hall–Kier alpha value is -3.04. The minimum absolute atomic E-state index is 0.182. The number of hydrogen-bond donors (Lipinski definition) is 2. The molecule has 1 aromatic carbocycles. The number of aryl methyl sites for hydroxylation is 1. The van der Waals surface area contributed by atoms with Gasteiger partial charge in [-0.1, -0.05) is 18.2 Å². The first-order valence-electron chi connectivity index (χ1n) is 9.58. The standard InChI is InChI=1S/C21H24N4O4S/c1-13-17-20(30-18(13)19(27)23-14-7-4-3-5-8-14)24-16(10-12-29-2)25(21(17)28)11-6-9-15(22)26/h3-5,7-8H,6,9-12H2,1-2H3,(H2,22,26)(H,23,27). The molecule has 3 N–H and O–H groups in total. The van der Waals surface area contributed by atoms with Crippen molar-refractivity contribution >= 4 is 39.1 Å². The first kappa shape index (κ1) is 21.7. The van der Waals surface area contributed by atoms with E-state index in [-0.39, 0.29) is 17.9 Å². The summed E-state index contributed by atoms with van der Waals surface area (Å²) in [7, 11) is 1.58. The molecule has 0 fully saturated rings. The van der Waals surface area contributed by atoms with Gasteiger partial charge < -0.3 is 15.8 Å². The summed E-state index contributed by atoms with van der Waals surface area (Å²) in [5, 5.41) is 3.28. The van der Waals surface area contributed by atoms with Gasteiger partial charge in [0.1, 0.15) is 10.7 Å². The van der Waals surface area contributed by atoms with Crippen LogP contribution in [0.25, 0.3) is 10.2 Å². The van der Waals surface area contributed by atoms with Crippen molar-refractivity contribution in [2.24, 2.45) is 5.73 Å². The molecule has 0 aliphatic rings. The van der Waals surface area contributed by atoms with Crippen LogP contribution in [0, 0.1) is 6.92 Å². The molecule has 0 aliphatic heterocycles. The summed E-state index contributed by atoms with van der Waals surface area (Å²) in [6.07, 6.45) is 1.06. The summed E-state index contributed by atoms with van der Waals surface area (Å²) in [5.74, 6) is -0.128. The first-order valence-corrected chi connectivity index (χ1v) is 10.4. The van der Waals surface area contributed by atoms with Crippen LogP contribution in [0.3, 0.4) is 0 Å². The second-order valence-electron chi connectivity index (χ2n) is 6.85. The van der Waals surface area contributed by atoms with Crippen molar-refractivity contribution < 1.29 is 14.3 Å². The molecule has 0 aliphatic carbocycles. The number of carbonyl (C=O) groups is 2. The number of ether oxygens (including phenoxy) is 1. The van der Waals surface area contributed by atoms with E-state index in [1.807, 2.05) is 18.2 Å². The van der Waals surface area contributed by atoms with Crippen molar-refractivity contribution in [2.75, 3.05) is 19.0 Å². The summed E-state index contributed by atoms with van der Waals surface area (Å²) in [6, 6.07) is 9.14. The van der Waals surface area contributed by atoms with E-state index >= 15 is 0 Å². The fourth-order valence-corrected chi connectivity index (χ4v) is 4.30. The maximum Gasteiger partial charge on any atom is 0.266 e. The van der Waals surface area contributed by atoms with Gasteiger partial charge >= 0.3 is 0 Å². The Labute approximate surface area is 177 Å². The van der Waals surface area contributed by atoms with Crippen LogP contribution in [0.5, 0.6) is 0 Å². The monoisotopic (exact) mass is 428 g/mol. The Kier molecular flexibility index (Phi) is 6.96. The van der Waals surface area contributed by atoms with Crippen LogP contribution in [-0.4, -0.2) is 35.1 Å². The molecule has 0 saturated carbocycles.